The van der Waals surface area contributed by atoms with Gasteiger partial charge < -0.3 is 11.1 Å². The predicted molar refractivity (Wildman–Crippen MR) is 79.4 cm³/mol. The number of benzene rings is 2. The van der Waals surface area contributed by atoms with E-state index in [0.717, 1.165) is 22.5 Å². The lowest BCUT2D eigenvalue weighted by Crippen LogP contribution is -2.02. The van der Waals surface area contributed by atoms with E-state index in [1.807, 2.05) is 37.3 Å². The van der Waals surface area contributed by atoms with Crippen LogP contribution >= 0.6 is 23.2 Å². The number of nitrogens with two attached hydrogens (primary N) is 1. The Kier molecular flexibility index (Phi) is 4.00. The maximum absolute atomic E-state index is 6.09. The molecule has 4 heteroatoms. The highest BCUT2D eigenvalue weighted by molar-refractivity contribution is 6.35. The van der Waals surface area contributed by atoms with Gasteiger partial charge in [0.1, 0.15) is 0 Å². The molecule has 2 aromatic rings. The Balaban J connectivity index is 2.13. The van der Waals surface area contributed by atoms with Gasteiger partial charge in [0.2, 0.25) is 0 Å². The highest BCUT2D eigenvalue weighted by Crippen LogP contribution is 2.25. The quantitative estimate of drug-likeness (QED) is 0.813. The molecule has 0 radical (unpaired) electrons. The van der Waals surface area contributed by atoms with Gasteiger partial charge in [0.15, 0.2) is 0 Å². The molecule has 3 N–H and O–H groups in total. The fourth-order valence-corrected chi connectivity index (χ4v) is 2.22. The third-order valence-corrected chi connectivity index (χ3v) is 3.42. The molecule has 0 aliphatic carbocycles. The molecule has 0 saturated carbocycles. The van der Waals surface area contributed by atoms with Gasteiger partial charge in [0.25, 0.3) is 0 Å². The molecule has 0 aromatic heterocycles. The molecule has 0 fully saturated rings. The molecule has 0 aliphatic rings. The van der Waals surface area contributed by atoms with Gasteiger partial charge in [-0.1, -0.05) is 23.2 Å². The fraction of sp³-hybridized carbons (Fsp3) is 0.143. The summed E-state index contributed by atoms with van der Waals surface area (Å²) in [5.41, 5.74) is 9.53. The molecule has 2 aromatic carbocycles. The second-order valence-corrected chi connectivity index (χ2v) is 4.99. The highest BCUT2D eigenvalue weighted by Gasteiger charge is 2.04. The highest BCUT2D eigenvalue weighted by atomic mass is 35.5. The summed E-state index contributed by atoms with van der Waals surface area (Å²) >= 11 is 12.1. The minimum atomic E-state index is 0.653. The van der Waals surface area contributed by atoms with E-state index in [2.05, 4.69) is 5.32 Å². The lowest BCUT2D eigenvalue weighted by atomic mass is 10.1. The largest absolute Gasteiger partial charge is 0.399 e. The van der Waals surface area contributed by atoms with E-state index in [0.29, 0.717) is 16.6 Å². The Morgan fingerprint density at radius 2 is 1.78 bits per heavy atom. The summed E-state index contributed by atoms with van der Waals surface area (Å²) in [7, 11) is 0. The van der Waals surface area contributed by atoms with Crippen LogP contribution in [0.3, 0.4) is 0 Å². The first kappa shape index (κ1) is 13.1. The summed E-state index contributed by atoms with van der Waals surface area (Å²) in [6.45, 7) is 2.66. The van der Waals surface area contributed by atoms with Crippen molar-refractivity contribution in [3.8, 4) is 0 Å². The van der Waals surface area contributed by atoms with Crippen molar-refractivity contribution in [1.82, 2.24) is 0 Å². The van der Waals surface area contributed by atoms with Crippen molar-refractivity contribution in [2.75, 3.05) is 11.1 Å². The number of anilines is 2. The number of halogens is 2. The van der Waals surface area contributed by atoms with Crippen LogP contribution in [0.25, 0.3) is 0 Å². The summed E-state index contributed by atoms with van der Waals surface area (Å²) in [6.07, 6.45) is 0. The van der Waals surface area contributed by atoms with E-state index >= 15 is 0 Å². The van der Waals surface area contributed by atoms with Crippen molar-refractivity contribution in [1.29, 1.82) is 0 Å². The fourth-order valence-electron chi connectivity index (χ4n) is 1.68. The SMILES string of the molecule is Cc1c(Cl)cc(Cl)cc1CNc1ccc(N)cc1. The molecule has 0 aliphatic heterocycles. The number of nitrogens with one attached hydrogen (secondary N) is 1. The third kappa shape index (κ3) is 3.09. The van der Waals surface area contributed by atoms with Crippen LogP contribution < -0.4 is 11.1 Å². The van der Waals surface area contributed by atoms with Crippen molar-refractivity contribution in [2.24, 2.45) is 0 Å². The van der Waals surface area contributed by atoms with Crippen molar-refractivity contribution < 1.29 is 0 Å². The smallest absolute Gasteiger partial charge is 0.0453 e. The number of hydrogen-bond acceptors (Lipinski definition) is 2. The van der Waals surface area contributed by atoms with E-state index < -0.39 is 0 Å². The zero-order valence-electron chi connectivity index (χ0n) is 10.0. The van der Waals surface area contributed by atoms with Crippen molar-refractivity contribution >= 4 is 34.6 Å². The summed E-state index contributed by atoms with van der Waals surface area (Å²) in [6, 6.07) is 11.3. The Morgan fingerprint density at radius 1 is 1.11 bits per heavy atom. The molecule has 2 nitrogen and oxygen atoms in total. The van der Waals surface area contributed by atoms with Crippen molar-refractivity contribution in [3.05, 3.63) is 57.6 Å². The van der Waals surface area contributed by atoms with Gasteiger partial charge in [-0.15, -0.1) is 0 Å². The number of hydrogen-bond donors (Lipinski definition) is 2. The van der Waals surface area contributed by atoms with E-state index in [9.17, 15) is 0 Å². The normalized spacial score (nSPS) is 10.4. The molecule has 94 valence electrons. The van der Waals surface area contributed by atoms with Gasteiger partial charge >= 0.3 is 0 Å². The van der Waals surface area contributed by atoms with Crippen LogP contribution in [-0.4, -0.2) is 0 Å². The molecule has 0 bridgehead atoms. The zero-order valence-corrected chi connectivity index (χ0v) is 11.5. The lowest BCUT2D eigenvalue weighted by molar-refractivity contribution is 1.12. The molecule has 18 heavy (non-hydrogen) atoms. The van der Waals surface area contributed by atoms with Crippen LogP contribution in [0.15, 0.2) is 36.4 Å². The number of nitrogen functional groups attached to an aromatic ring is 1. The maximum Gasteiger partial charge on any atom is 0.0453 e. The van der Waals surface area contributed by atoms with E-state index in [-0.39, 0.29) is 0 Å². The Hall–Kier alpha value is -1.38. The first-order chi connectivity index (χ1) is 8.56. The Bertz CT molecular complexity index is 550. The molecule has 0 spiro atoms. The maximum atomic E-state index is 6.09. The molecular weight excluding hydrogens is 267 g/mol. The van der Waals surface area contributed by atoms with Crippen LogP contribution in [0.1, 0.15) is 11.1 Å². The van der Waals surface area contributed by atoms with E-state index in [1.165, 1.54) is 0 Å². The second-order valence-electron chi connectivity index (χ2n) is 4.15. The topological polar surface area (TPSA) is 38.0 Å². The average Bonchev–Trinajstić information content (AvgIpc) is 2.34. The van der Waals surface area contributed by atoms with Crippen LogP contribution in [0, 0.1) is 6.92 Å². The molecule has 0 amide bonds. The van der Waals surface area contributed by atoms with Crippen LogP contribution in [0.5, 0.6) is 0 Å². The lowest BCUT2D eigenvalue weighted by Gasteiger charge is -2.11. The molecule has 0 saturated heterocycles. The van der Waals surface area contributed by atoms with Gasteiger partial charge in [-0.05, 0) is 54.4 Å². The average molecular weight is 281 g/mol. The Morgan fingerprint density at radius 3 is 2.44 bits per heavy atom. The minimum Gasteiger partial charge on any atom is -0.399 e. The molecule has 0 atom stereocenters. The summed E-state index contributed by atoms with van der Waals surface area (Å²) in [5.74, 6) is 0. The predicted octanol–water partition coefficient (Wildman–Crippen LogP) is 4.50. The van der Waals surface area contributed by atoms with E-state index in [4.69, 9.17) is 28.9 Å². The monoisotopic (exact) mass is 280 g/mol. The van der Waals surface area contributed by atoms with Crippen molar-refractivity contribution in [2.45, 2.75) is 13.5 Å². The zero-order chi connectivity index (χ0) is 13.1. The van der Waals surface area contributed by atoms with Crippen LogP contribution in [0.2, 0.25) is 10.0 Å². The third-order valence-electron chi connectivity index (χ3n) is 2.81. The standard InChI is InChI=1S/C14H14Cl2N2/c1-9-10(6-11(15)7-14(9)16)8-18-13-4-2-12(17)3-5-13/h2-7,18H,8,17H2,1H3. The van der Waals surface area contributed by atoms with E-state index in [1.54, 1.807) is 6.07 Å². The number of rotatable bonds is 3. The molecule has 0 heterocycles. The minimum absolute atomic E-state index is 0.653. The first-order valence-corrected chi connectivity index (χ1v) is 6.36. The molecule has 2 rings (SSSR count). The van der Waals surface area contributed by atoms with Crippen molar-refractivity contribution in [3.63, 3.8) is 0 Å². The second kappa shape index (κ2) is 5.51. The van der Waals surface area contributed by atoms with Crippen LogP contribution in [-0.2, 0) is 6.54 Å². The van der Waals surface area contributed by atoms with Gasteiger partial charge in [-0.25, -0.2) is 0 Å². The van der Waals surface area contributed by atoms with Crippen LogP contribution in [0.4, 0.5) is 11.4 Å². The van der Waals surface area contributed by atoms with Gasteiger partial charge in [-0.3, -0.25) is 0 Å². The molecule has 0 unspecified atom stereocenters. The summed E-state index contributed by atoms with van der Waals surface area (Å²) < 4.78 is 0. The van der Waals surface area contributed by atoms with Gasteiger partial charge in [0.05, 0.1) is 0 Å². The summed E-state index contributed by atoms with van der Waals surface area (Å²) in [5, 5.41) is 4.65. The van der Waals surface area contributed by atoms with Gasteiger partial charge in [-0.2, -0.15) is 0 Å². The van der Waals surface area contributed by atoms with Gasteiger partial charge in [0, 0.05) is 28.0 Å². The first-order valence-electron chi connectivity index (χ1n) is 5.60. The molecular formula is C14H14Cl2N2. The summed E-state index contributed by atoms with van der Waals surface area (Å²) in [4.78, 5) is 0. The Labute approximate surface area is 117 Å².